The van der Waals surface area contributed by atoms with E-state index in [1.807, 2.05) is 0 Å². The number of H-pyrrole nitrogens is 3. The van der Waals surface area contributed by atoms with Gasteiger partial charge < -0.3 is 75.2 Å². The van der Waals surface area contributed by atoms with E-state index in [1.54, 1.807) is 141 Å². The Labute approximate surface area is 843 Å². The lowest BCUT2D eigenvalue weighted by Crippen LogP contribution is -2.33. The molecule has 0 aliphatic rings. The van der Waals surface area contributed by atoms with Crippen LogP contribution in [0.5, 0.6) is 0 Å². The molecular weight excluding hydrogens is 1960 g/mol. The number of carboxylic acids is 1. The van der Waals surface area contributed by atoms with Crippen LogP contribution < -0.4 is 39.0 Å². The summed E-state index contributed by atoms with van der Waals surface area (Å²) >= 11 is 0. The molecule has 4 N–H and O–H groups in total. The van der Waals surface area contributed by atoms with Gasteiger partial charge in [-0.2, -0.15) is 0 Å². The fraction of sp³-hybridized carbons (Fsp3) is 0.278. The Morgan fingerprint density at radius 2 is 0.787 bits per heavy atom. The molecule has 776 valence electrons. The van der Waals surface area contributed by atoms with Gasteiger partial charge in [-0.1, -0.05) is 18.2 Å². The number of aromatic nitrogens is 11. The van der Waals surface area contributed by atoms with Gasteiger partial charge in [0.15, 0.2) is 26.9 Å². The second kappa shape index (κ2) is 40.5. The highest BCUT2D eigenvalue weighted by Gasteiger charge is 2.38. The van der Waals surface area contributed by atoms with Crippen LogP contribution in [0.3, 0.4) is 0 Å². The first-order chi connectivity index (χ1) is 70.8. The van der Waals surface area contributed by atoms with Gasteiger partial charge in [0, 0.05) is 70.5 Å². The highest BCUT2D eigenvalue weighted by molar-refractivity contribution is 6.20. The number of nitrogens with one attached hydrogen (secondary N) is 3. The van der Waals surface area contributed by atoms with E-state index in [9.17, 15) is 77.0 Å². The number of furan rings is 3. The third kappa shape index (κ3) is 20.3. The number of aromatic carboxylic acids is 1. The van der Waals surface area contributed by atoms with Crippen LogP contribution in [-0.2, 0) is 104 Å². The maximum Gasteiger partial charge on any atom is 0.358 e. The number of nitrogens with zero attached hydrogens (tertiary/aromatic N) is 8. The van der Waals surface area contributed by atoms with E-state index in [0.29, 0.717) is 16.5 Å². The quantitative estimate of drug-likeness (QED) is 0.0200. The summed E-state index contributed by atoms with van der Waals surface area (Å²) in [5.74, 6) is -10.1. The van der Waals surface area contributed by atoms with Gasteiger partial charge in [-0.25, -0.2) is 46.1 Å². The van der Waals surface area contributed by atoms with Gasteiger partial charge in [0.05, 0.1) is 158 Å². The molecule has 37 nitrogen and oxygen atoms in total. The summed E-state index contributed by atoms with van der Waals surface area (Å²) in [7, 11) is 0. The van der Waals surface area contributed by atoms with Crippen LogP contribution in [0, 0.1) is 56.2 Å². The summed E-state index contributed by atoms with van der Waals surface area (Å²) in [5, 5.41) is 11.5. The van der Waals surface area contributed by atoms with Gasteiger partial charge >= 0.3 is 53.4 Å². The smallest absolute Gasteiger partial charge is 0.358 e. The molecule has 12 heterocycles. The monoisotopic (exact) mass is 2060 g/mol. The molecule has 12 aromatic heterocycles. The van der Waals surface area contributed by atoms with E-state index < -0.39 is 182 Å². The molecule has 0 unspecified atom stereocenters. The normalized spacial score (nSPS) is 12.0. The highest BCUT2D eigenvalue weighted by atomic mass is 19.1. The number of para-hydroxylation sites is 1. The van der Waals surface area contributed by atoms with Crippen molar-refractivity contribution >= 4 is 146 Å². The predicted molar refractivity (Wildman–Crippen MR) is 538 cm³/mol. The van der Waals surface area contributed by atoms with Crippen molar-refractivity contribution in [2.75, 3.05) is 13.4 Å². The maximum atomic E-state index is 16.0. The predicted octanol–water partition coefficient (Wildman–Crippen LogP) is 17.3. The third-order valence-corrected chi connectivity index (χ3v) is 24.5. The average molecular weight is 2060 g/mol. The number of aromatic amines is 3. The zero-order chi connectivity index (χ0) is 108. The number of carboxylic acid groups (broad SMARTS) is 1. The van der Waals surface area contributed by atoms with Crippen LogP contribution in [-0.4, -0.2) is 118 Å². The molecule has 150 heavy (non-hydrogen) atoms. The molecule has 0 radical (unpaired) electrons. The van der Waals surface area contributed by atoms with Crippen molar-refractivity contribution < 1.29 is 112 Å². The summed E-state index contributed by atoms with van der Waals surface area (Å²) in [5.41, 5.74) is -9.30. The van der Waals surface area contributed by atoms with Crippen molar-refractivity contribution in [3.05, 3.63) is 307 Å². The first kappa shape index (κ1) is 105. The lowest BCUT2D eigenvalue weighted by atomic mass is 9.97. The first-order valence-electron chi connectivity index (χ1n) is 46.7. The molecule has 0 saturated heterocycles. The summed E-state index contributed by atoms with van der Waals surface area (Å²) in [6.45, 7) is 22.6. The van der Waals surface area contributed by atoms with E-state index in [-0.39, 0.29) is 170 Å². The molecular formula is C108H98F5N11O26. The number of benzene rings is 6. The number of ether oxygens (including phenoxy) is 7. The number of rotatable bonds is 23. The summed E-state index contributed by atoms with van der Waals surface area (Å²) in [6, 6.07) is 29.1. The molecule has 0 bridgehead atoms. The van der Waals surface area contributed by atoms with Crippen molar-refractivity contribution in [3.8, 4) is 33.4 Å². The van der Waals surface area contributed by atoms with Gasteiger partial charge in [0.25, 0.3) is 33.4 Å². The molecule has 0 fully saturated rings. The molecule has 0 saturated carbocycles. The Kier molecular flexibility index (Phi) is 28.3. The third-order valence-electron chi connectivity index (χ3n) is 24.5. The van der Waals surface area contributed by atoms with Crippen molar-refractivity contribution in [2.24, 2.45) is 27.1 Å². The Bertz CT molecular complexity index is 9110. The Morgan fingerprint density at radius 3 is 1.27 bits per heavy atom. The molecule has 0 aliphatic carbocycles. The lowest BCUT2D eigenvalue weighted by molar-refractivity contribution is -0.162. The minimum atomic E-state index is -1.50. The zero-order valence-corrected chi connectivity index (χ0v) is 83.7. The number of halogens is 5. The topological polar surface area (TPSA) is 475 Å². The second-order valence-electron chi connectivity index (χ2n) is 40.3. The second-order valence-corrected chi connectivity index (χ2v) is 40.3. The SMILES string of the molecule is CC(C)(C)C(=O)OCOC(=O)c1c(-c2cccn(COC(=O)C(C)(C)C)c2=O)c2c3occc3c(F)cc2n1Cc1cc(=O)n(COC(=O)C(C)(C)C)c2ccccc12.CC(C)(C)C(=O)OCn1c(=O)[nH]c(=O)c2cc(Cn3c(C(=O)O)c(-c4ccc[nH]c4=O)c4c5occc5c(F)cc43)c(F)cc21.CCOC(=O)c1c(-c2ccc[nH]c2=O)c2c3occc3c(F)cc2n1Cc1cc2c(=O)n(COC(=O)C(C)(C)C)cnc2cc1F. The Morgan fingerprint density at radius 1 is 0.373 bits per heavy atom. The summed E-state index contributed by atoms with van der Waals surface area (Å²) in [4.78, 5) is 208. The molecule has 18 rings (SSSR count). The van der Waals surface area contributed by atoms with Gasteiger partial charge in [0.1, 0.15) is 69.2 Å². The number of pyridine rings is 4. The first-order valence-corrected chi connectivity index (χ1v) is 46.7. The van der Waals surface area contributed by atoms with Crippen molar-refractivity contribution in [2.45, 2.75) is 157 Å². The van der Waals surface area contributed by atoms with Gasteiger partial charge in [-0.15, -0.1) is 0 Å². The molecule has 6 aromatic carbocycles. The fourth-order valence-corrected chi connectivity index (χ4v) is 16.9. The van der Waals surface area contributed by atoms with Crippen molar-refractivity contribution in [1.29, 1.82) is 0 Å². The molecule has 0 aliphatic heterocycles. The largest absolute Gasteiger partial charge is 0.477 e. The van der Waals surface area contributed by atoms with Crippen LogP contribution in [0.25, 0.3) is 132 Å². The Balaban J connectivity index is 0.000000162. The van der Waals surface area contributed by atoms with E-state index >= 15 is 22.0 Å². The van der Waals surface area contributed by atoms with Gasteiger partial charge in [0.2, 0.25) is 6.79 Å². The maximum absolute atomic E-state index is 16.0. The van der Waals surface area contributed by atoms with E-state index in [4.69, 9.17) is 46.4 Å². The molecule has 0 atom stereocenters. The van der Waals surface area contributed by atoms with Crippen molar-refractivity contribution in [3.63, 3.8) is 0 Å². The number of esters is 7. The number of carbonyl (C=O) groups is 8. The number of carbonyl (C=O) groups excluding carboxylic acids is 7. The van der Waals surface area contributed by atoms with Crippen LogP contribution in [0.4, 0.5) is 22.0 Å². The van der Waals surface area contributed by atoms with Gasteiger partial charge in [-0.05, 0) is 213 Å². The van der Waals surface area contributed by atoms with Crippen LogP contribution in [0.2, 0.25) is 0 Å². The standard InChI is InChI=1S/C44H46FN3O11.C33H28F2N4O7.C31H24F2N4O8/c1-42(2,3)39(52)56-22-46-17-12-14-28(37(46)50)33-34-31(20-29(45)27-16-18-55-36(27)34)47(35(33)38(51)58-24-59-41(54)44(7,8)9)21-25-19-32(49)48(23-57-40(53)43(4,5)6)30-15-11-10-13-26(25)30;1-5-44-31(42)27-25(19-7-6-9-36-29(19)40)26-24(13-22(35)18-8-10-45-28(18)26)39(27)14-17-11-20-23(12-21(17)34)37-15-38(30(20)41)16-46-32(43)33(2,3)4;1-31(2,3)29(42)45-13-37-20-10-18(32)14(9-17(20)27(39)35-30(37)43)12-36-21-11-19(33)15-6-8-44-25(15)23(21)22(24(36)28(40)41)16-5-4-7-34-26(16)38/h10-20H,21-24H2,1-9H3;6-13,15H,5,14,16H2,1-4H3,(H,36,40);4-11H,12-13H2,1-3H3,(H,34,38)(H,40,41)(H,35,39,43). The minimum Gasteiger partial charge on any atom is -0.477 e. The summed E-state index contributed by atoms with van der Waals surface area (Å²) < 4.78 is 141. The summed E-state index contributed by atoms with van der Waals surface area (Å²) in [6.07, 6.45) is 9.12. The lowest BCUT2D eigenvalue weighted by Gasteiger charge is -2.19. The van der Waals surface area contributed by atoms with Crippen LogP contribution in [0.1, 0.15) is 159 Å². The van der Waals surface area contributed by atoms with E-state index in [2.05, 4.69) is 19.9 Å². The van der Waals surface area contributed by atoms with Crippen molar-refractivity contribution in [1.82, 2.24) is 51.9 Å². The number of hydrogen-bond donors (Lipinski definition) is 4. The zero-order valence-electron chi connectivity index (χ0n) is 83.7. The molecule has 0 amide bonds. The van der Waals surface area contributed by atoms with E-state index in [0.717, 1.165) is 48.9 Å². The minimum absolute atomic E-state index is 0.0110. The highest BCUT2D eigenvalue weighted by Crippen LogP contribution is 2.46. The molecule has 42 heteroatoms. The van der Waals surface area contributed by atoms with Gasteiger partial charge in [-0.3, -0.25) is 76.0 Å². The fourth-order valence-electron chi connectivity index (χ4n) is 16.9. The van der Waals surface area contributed by atoms with E-state index in [1.165, 1.54) is 124 Å². The number of fused-ring (bicyclic) bond motifs is 12. The van der Waals surface area contributed by atoms with Crippen LogP contribution >= 0.6 is 0 Å². The van der Waals surface area contributed by atoms with Crippen LogP contribution in [0.15, 0.2) is 218 Å². The molecule has 18 aromatic rings. The molecule has 0 spiro atoms. The average Bonchev–Trinajstić information content (AvgIpc) is 1.02. The Hall–Kier alpha value is -17.9. The number of hydrogen-bond acceptors (Lipinski definition) is 26.